The summed E-state index contributed by atoms with van der Waals surface area (Å²) >= 11 is 0. The summed E-state index contributed by atoms with van der Waals surface area (Å²) in [7, 11) is 3.10. The molecule has 0 heterocycles. The third-order valence-electron chi connectivity index (χ3n) is 3.54. The molecule has 0 aliphatic carbocycles. The molecule has 2 aromatic rings. The Bertz CT molecular complexity index is 776. The van der Waals surface area contributed by atoms with Crippen molar-refractivity contribution in [3.05, 3.63) is 48.0 Å². The second-order valence-electron chi connectivity index (χ2n) is 5.23. The first kappa shape index (κ1) is 19.1. The number of methoxy groups -OCH3 is 2. The maximum absolute atomic E-state index is 12.2. The van der Waals surface area contributed by atoms with Gasteiger partial charge in [0.2, 0.25) is 5.91 Å². The molecule has 0 spiro atoms. The molecule has 138 valence electrons. The van der Waals surface area contributed by atoms with E-state index >= 15 is 0 Å². The van der Waals surface area contributed by atoms with E-state index in [0.717, 1.165) is 0 Å². The van der Waals surface area contributed by atoms with Gasteiger partial charge in [0.1, 0.15) is 11.5 Å². The Morgan fingerprint density at radius 3 is 2.46 bits per heavy atom. The molecule has 26 heavy (non-hydrogen) atoms. The summed E-state index contributed by atoms with van der Waals surface area (Å²) in [5, 5.41) is 5.71. The number of esters is 1. The fraction of sp³-hybridized carbons (Fsp3) is 0.263. The molecule has 0 aliphatic heterocycles. The van der Waals surface area contributed by atoms with Crippen molar-refractivity contribution in [1.82, 2.24) is 0 Å². The van der Waals surface area contributed by atoms with E-state index in [1.54, 1.807) is 56.5 Å². The van der Waals surface area contributed by atoms with Gasteiger partial charge < -0.3 is 24.8 Å². The van der Waals surface area contributed by atoms with Crippen molar-refractivity contribution in [2.75, 3.05) is 38.0 Å². The van der Waals surface area contributed by atoms with Gasteiger partial charge in [-0.15, -0.1) is 0 Å². The lowest BCUT2D eigenvalue weighted by Crippen LogP contribution is -2.23. The molecule has 0 bridgehead atoms. The van der Waals surface area contributed by atoms with Gasteiger partial charge in [-0.05, 0) is 31.2 Å². The van der Waals surface area contributed by atoms with Crippen LogP contribution in [-0.2, 0) is 9.53 Å². The SMILES string of the molecule is CCOC(=O)c1ccccc1NC(=O)CNc1ccc(OC)cc1OC. The summed E-state index contributed by atoms with van der Waals surface area (Å²) in [5.74, 6) is 0.428. The summed E-state index contributed by atoms with van der Waals surface area (Å²) in [5.41, 5.74) is 1.37. The highest BCUT2D eigenvalue weighted by atomic mass is 16.5. The summed E-state index contributed by atoms with van der Waals surface area (Å²) in [4.78, 5) is 24.2. The van der Waals surface area contributed by atoms with E-state index in [-0.39, 0.29) is 19.1 Å². The number of anilines is 2. The number of benzene rings is 2. The van der Waals surface area contributed by atoms with Crippen LogP contribution in [0.4, 0.5) is 11.4 Å². The van der Waals surface area contributed by atoms with Crippen molar-refractivity contribution in [3.63, 3.8) is 0 Å². The predicted octanol–water partition coefficient (Wildman–Crippen LogP) is 2.93. The number of hydrogen-bond donors (Lipinski definition) is 2. The second kappa shape index (κ2) is 9.31. The van der Waals surface area contributed by atoms with Crippen LogP contribution >= 0.6 is 0 Å². The van der Waals surface area contributed by atoms with E-state index in [1.165, 1.54) is 7.11 Å². The molecule has 7 heteroatoms. The van der Waals surface area contributed by atoms with Gasteiger partial charge in [-0.1, -0.05) is 12.1 Å². The molecule has 0 atom stereocenters. The number of carbonyl (C=O) groups is 2. The minimum atomic E-state index is -0.479. The summed E-state index contributed by atoms with van der Waals surface area (Å²) in [6.07, 6.45) is 0. The highest BCUT2D eigenvalue weighted by molar-refractivity contribution is 6.02. The van der Waals surface area contributed by atoms with Gasteiger partial charge in [-0.3, -0.25) is 4.79 Å². The van der Waals surface area contributed by atoms with Crippen LogP contribution in [0.5, 0.6) is 11.5 Å². The van der Waals surface area contributed by atoms with Crippen molar-refractivity contribution in [2.45, 2.75) is 6.92 Å². The molecule has 1 amide bonds. The van der Waals surface area contributed by atoms with Crippen LogP contribution < -0.4 is 20.1 Å². The Hall–Kier alpha value is -3.22. The molecule has 7 nitrogen and oxygen atoms in total. The first-order valence-electron chi connectivity index (χ1n) is 8.11. The zero-order chi connectivity index (χ0) is 18.9. The molecule has 0 aliphatic rings. The summed E-state index contributed by atoms with van der Waals surface area (Å²) < 4.78 is 15.4. The maximum atomic E-state index is 12.2. The van der Waals surface area contributed by atoms with Crippen LogP contribution in [0.3, 0.4) is 0 Å². The fourth-order valence-corrected chi connectivity index (χ4v) is 2.29. The Kier molecular flexibility index (Phi) is 6.84. The van der Waals surface area contributed by atoms with Crippen LogP contribution in [0.15, 0.2) is 42.5 Å². The van der Waals surface area contributed by atoms with Crippen LogP contribution in [0, 0.1) is 0 Å². The second-order valence-corrected chi connectivity index (χ2v) is 5.23. The van der Waals surface area contributed by atoms with Crippen molar-refractivity contribution < 1.29 is 23.8 Å². The van der Waals surface area contributed by atoms with E-state index in [0.29, 0.717) is 28.4 Å². The van der Waals surface area contributed by atoms with Crippen LogP contribution in [-0.4, -0.2) is 39.2 Å². The largest absolute Gasteiger partial charge is 0.497 e. The smallest absolute Gasteiger partial charge is 0.340 e. The van der Waals surface area contributed by atoms with Crippen LogP contribution in [0.2, 0.25) is 0 Å². The number of ether oxygens (including phenoxy) is 3. The number of amides is 1. The number of rotatable bonds is 8. The molecular weight excluding hydrogens is 336 g/mol. The first-order chi connectivity index (χ1) is 12.6. The lowest BCUT2D eigenvalue weighted by molar-refractivity contribution is -0.114. The lowest BCUT2D eigenvalue weighted by atomic mass is 10.2. The van der Waals surface area contributed by atoms with Crippen molar-refractivity contribution in [1.29, 1.82) is 0 Å². The van der Waals surface area contributed by atoms with Crippen LogP contribution in [0.25, 0.3) is 0 Å². The highest BCUT2D eigenvalue weighted by Crippen LogP contribution is 2.28. The van der Waals surface area contributed by atoms with Gasteiger partial charge in [0.15, 0.2) is 0 Å². The van der Waals surface area contributed by atoms with Gasteiger partial charge in [0, 0.05) is 6.07 Å². The minimum Gasteiger partial charge on any atom is -0.497 e. The predicted molar refractivity (Wildman–Crippen MR) is 99.1 cm³/mol. The summed E-state index contributed by atoms with van der Waals surface area (Å²) in [6, 6.07) is 11.9. The first-order valence-corrected chi connectivity index (χ1v) is 8.11. The zero-order valence-corrected chi connectivity index (χ0v) is 15.0. The molecule has 0 radical (unpaired) electrons. The van der Waals surface area contributed by atoms with E-state index in [2.05, 4.69) is 10.6 Å². The standard InChI is InChI=1S/C19H22N2O5/c1-4-26-19(23)14-7-5-6-8-15(14)21-18(22)12-20-16-10-9-13(24-2)11-17(16)25-3/h5-11,20H,4,12H2,1-3H3,(H,21,22). The maximum Gasteiger partial charge on any atom is 0.340 e. The van der Waals surface area contributed by atoms with Crippen LogP contribution in [0.1, 0.15) is 17.3 Å². The van der Waals surface area contributed by atoms with Gasteiger partial charge >= 0.3 is 5.97 Å². The number of para-hydroxylation sites is 1. The molecule has 2 rings (SSSR count). The average molecular weight is 358 g/mol. The molecule has 0 fully saturated rings. The Labute approximate surface area is 152 Å². The third kappa shape index (κ3) is 4.89. The average Bonchev–Trinajstić information content (AvgIpc) is 2.66. The normalized spacial score (nSPS) is 9.96. The van der Waals surface area contributed by atoms with E-state index in [1.807, 2.05) is 0 Å². The highest BCUT2D eigenvalue weighted by Gasteiger charge is 2.14. The number of hydrogen-bond acceptors (Lipinski definition) is 6. The molecule has 0 aromatic heterocycles. The fourth-order valence-electron chi connectivity index (χ4n) is 2.29. The molecule has 2 N–H and O–H groups in total. The molecular formula is C19H22N2O5. The van der Waals surface area contributed by atoms with E-state index < -0.39 is 5.97 Å². The summed E-state index contributed by atoms with van der Waals surface area (Å²) in [6.45, 7) is 1.99. The van der Waals surface area contributed by atoms with Crippen molar-refractivity contribution >= 4 is 23.3 Å². The molecule has 0 saturated carbocycles. The van der Waals surface area contributed by atoms with Crippen molar-refractivity contribution in [2.24, 2.45) is 0 Å². The van der Waals surface area contributed by atoms with Gasteiger partial charge in [-0.2, -0.15) is 0 Å². The van der Waals surface area contributed by atoms with Gasteiger partial charge in [-0.25, -0.2) is 4.79 Å². The van der Waals surface area contributed by atoms with E-state index in [4.69, 9.17) is 14.2 Å². The van der Waals surface area contributed by atoms with Gasteiger partial charge in [0.05, 0.1) is 44.3 Å². The number of nitrogens with one attached hydrogen (secondary N) is 2. The van der Waals surface area contributed by atoms with Crippen molar-refractivity contribution in [3.8, 4) is 11.5 Å². The Morgan fingerprint density at radius 1 is 1.00 bits per heavy atom. The number of carbonyl (C=O) groups excluding carboxylic acids is 2. The van der Waals surface area contributed by atoms with Gasteiger partial charge in [0.25, 0.3) is 0 Å². The topological polar surface area (TPSA) is 85.9 Å². The quantitative estimate of drug-likeness (QED) is 0.706. The van der Waals surface area contributed by atoms with E-state index in [9.17, 15) is 9.59 Å². The zero-order valence-electron chi connectivity index (χ0n) is 15.0. The third-order valence-corrected chi connectivity index (χ3v) is 3.54. The molecule has 0 unspecified atom stereocenters. The Morgan fingerprint density at radius 2 is 1.77 bits per heavy atom. The monoisotopic (exact) mass is 358 g/mol. The minimum absolute atomic E-state index is 0.000150. The molecule has 2 aromatic carbocycles. The lowest BCUT2D eigenvalue weighted by Gasteiger charge is -2.13. The Balaban J connectivity index is 2.03. The molecule has 0 saturated heterocycles.